The number of nitrogens with two attached hydrogens (primary N) is 1. The molecule has 3 aliphatic carbocycles. The molecular formula is C15H28N2. The van der Waals surface area contributed by atoms with Gasteiger partial charge in [-0.3, -0.25) is 0 Å². The van der Waals surface area contributed by atoms with Crippen LogP contribution in [0.25, 0.3) is 0 Å². The van der Waals surface area contributed by atoms with Gasteiger partial charge in [-0.25, -0.2) is 0 Å². The van der Waals surface area contributed by atoms with Gasteiger partial charge < -0.3 is 11.1 Å². The maximum Gasteiger partial charge on any atom is 0.0110 e. The number of hydrogen-bond donors (Lipinski definition) is 2. The van der Waals surface area contributed by atoms with E-state index in [1.54, 1.807) is 0 Å². The predicted molar refractivity (Wildman–Crippen MR) is 71.7 cm³/mol. The molecule has 98 valence electrons. The summed E-state index contributed by atoms with van der Waals surface area (Å²) in [5.41, 5.74) is 6.94. The third-order valence-electron chi connectivity index (χ3n) is 5.90. The van der Waals surface area contributed by atoms with Crippen LogP contribution in [0.15, 0.2) is 0 Å². The lowest BCUT2D eigenvalue weighted by atomic mass is 9.84. The van der Waals surface area contributed by atoms with E-state index in [0.29, 0.717) is 11.5 Å². The van der Waals surface area contributed by atoms with Gasteiger partial charge in [0.05, 0.1) is 0 Å². The van der Waals surface area contributed by atoms with Crippen LogP contribution in [0.2, 0.25) is 0 Å². The molecule has 0 spiro atoms. The standard InChI is InChI=1S/C15H28N2/c1-15(6-2-3-7-15)10-17-9-13-11-4-5-12(8-11)14(13)16/h11-14,17H,2-10,16H2,1H3. The first-order valence-corrected chi connectivity index (χ1v) is 7.64. The maximum atomic E-state index is 6.35. The van der Waals surface area contributed by atoms with E-state index in [1.807, 2.05) is 0 Å². The van der Waals surface area contributed by atoms with E-state index >= 15 is 0 Å². The fourth-order valence-electron chi connectivity index (χ4n) is 4.70. The van der Waals surface area contributed by atoms with Crippen LogP contribution in [-0.4, -0.2) is 19.1 Å². The highest BCUT2D eigenvalue weighted by Gasteiger charge is 2.45. The lowest BCUT2D eigenvalue weighted by Gasteiger charge is -2.30. The summed E-state index contributed by atoms with van der Waals surface area (Å²) >= 11 is 0. The summed E-state index contributed by atoms with van der Waals surface area (Å²) in [6.45, 7) is 4.85. The fraction of sp³-hybridized carbons (Fsp3) is 1.00. The molecule has 0 aromatic carbocycles. The maximum absolute atomic E-state index is 6.35. The van der Waals surface area contributed by atoms with E-state index in [0.717, 1.165) is 17.8 Å². The van der Waals surface area contributed by atoms with Gasteiger partial charge in [0.2, 0.25) is 0 Å². The van der Waals surface area contributed by atoms with Crippen LogP contribution in [-0.2, 0) is 0 Å². The van der Waals surface area contributed by atoms with Crippen molar-refractivity contribution >= 4 is 0 Å². The van der Waals surface area contributed by atoms with Gasteiger partial charge in [-0.1, -0.05) is 19.8 Å². The van der Waals surface area contributed by atoms with Crippen LogP contribution in [0, 0.1) is 23.2 Å². The smallest absolute Gasteiger partial charge is 0.0110 e. The highest BCUT2D eigenvalue weighted by atomic mass is 14.9. The quantitative estimate of drug-likeness (QED) is 0.787. The Labute approximate surface area is 106 Å². The van der Waals surface area contributed by atoms with Gasteiger partial charge in [0, 0.05) is 12.6 Å². The van der Waals surface area contributed by atoms with Gasteiger partial charge in [-0.15, -0.1) is 0 Å². The first-order chi connectivity index (χ1) is 8.18. The zero-order valence-corrected chi connectivity index (χ0v) is 11.3. The summed E-state index contributed by atoms with van der Waals surface area (Å²) in [6.07, 6.45) is 9.98. The van der Waals surface area contributed by atoms with E-state index < -0.39 is 0 Å². The summed E-state index contributed by atoms with van der Waals surface area (Å²) in [6, 6.07) is 0.498. The molecule has 0 aliphatic heterocycles. The zero-order valence-electron chi connectivity index (χ0n) is 11.3. The molecule has 0 aromatic heterocycles. The van der Waals surface area contributed by atoms with Crippen LogP contribution in [0.4, 0.5) is 0 Å². The van der Waals surface area contributed by atoms with Crippen LogP contribution in [0.1, 0.15) is 51.9 Å². The molecule has 3 N–H and O–H groups in total. The Balaban J connectivity index is 1.45. The topological polar surface area (TPSA) is 38.0 Å². The van der Waals surface area contributed by atoms with E-state index in [-0.39, 0.29) is 0 Å². The summed E-state index contributed by atoms with van der Waals surface area (Å²) in [7, 11) is 0. The lowest BCUT2D eigenvalue weighted by Crippen LogP contribution is -2.43. The van der Waals surface area contributed by atoms with Gasteiger partial charge in [0.25, 0.3) is 0 Å². The molecule has 0 aromatic rings. The summed E-state index contributed by atoms with van der Waals surface area (Å²) in [4.78, 5) is 0. The van der Waals surface area contributed by atoms with Gasteiger partial charge in [0.15, 0.2) is 0 Å². The molecule has 3 aliphatic rings. The molecule has 0 heterocycles. The van der Waals surface area contributed by atoms with Crippen molar-refractivity contribution in [2.24, 2.45) is 28.9 Å². The van der Waals surface area contributed by atoms with Crippen molar-refractivity contribution in [3.8, 4) is 0 Å². The van der Waals surface area contributed by atoms with Crippen LogP contribution >= 0.6 is 0 Å². The Bertz CT molecular complexity index is 268. The van der Waals surface area contributed by atoms with Crippen molar-refractivity contribution in [3.63, 3.8) is 0 Å². The van der Waals surface area contributed by atoms with E-state index in [1.165, 1.54) is 58.0 Å². The first-order valence-electron chi connectivity index (χ1n) is 7.64. The second kappa shape index (κ2) is 4.55. The van der Waals surface area contributed by atoms with Crippen LogP contribution in [0.5, 0.6) is 0 Å². The molecule has 3 fully saturated rings. The summed E-state index contributed by atoms with van der Waals surface area (Å²) in [5.74, 6) is 2.58. The molecule has 2 heteroatoms. The normalized spacial score (nSPS) is 43.4. The van der Waals surface area contributed by atoms with Crippen LogP contribution in [0.3, 0.4) is 0 Å². The van der Waals surface area contributed by atoms with E-state index in [2.05, 4.69) is 12.2 Å². The molecule has 4 atom stereocenters. The third kappa shape index (κ3) is 2.26. The van der Waals surface area contributed by atoms with Crippen molar-refractivity contribution in [3.05, 3.63) is 0 Å². The SMILES string of the molecule is CC1(CNCC2C3CCC(C3)C2N)CCCC1. The van der Waals surface area contributed by atoms with Crippen molar-refractivity contribution in [2.45, 2.75) is 57.9 Å². The molecule has 3 saturated carbocycles. The molecule has 17 heavy (non-hydrogen) atoms. The Morgan fingerprint density at radius 1 is 1.18 bits per heavy atom. The monoisotopic (exact) mass is 236 g/mol. The molecule has 2 bridgehead atoms. The molecule has 4 unspecified atom stereocenters. The van der Waals surface area contributed by atoms with Crippen molar-refractivity contribution < 1.29 is 0 Å². The number of hydrogen-bond acceptors (Lipinski definition) is 2. The van der Waals surface area contributed by atoms with Gasteiger partial charge in [0.1, 0.15) is 0 Å². The molecular weight excluding hydrogens is 208 g/mol. The molecule has 3 rings (SSSR count). The average Bonchev–Trinajstić information content (AvgIpc) is 2.98. The van der Waals surface area contributed by atoms with Crippen LogP contribution < -0.4 is 11.1 Å². The second-order valence-electron chi connectivity index (χ2n) is 7.22. The number of nitrogens with one attached hydrogen (secondary N) is 1. The van der Waals surface area contributed by atoms with E-state index in [4.69, 9.17) is 5.73 Å². The Morgan fingerprint density at radius 3 is 2.53 bits per heavy atom. The second-order valence-corrected chi connectivity index (χ2v) is 7.22. The largest absolute Gasteiger partial charge is 0.327 e. The molecule has 0 amide bonds. The summed E-state index contributed by atoms with van der Waals surface area (Å²) in [5, 5.41) is 3.75. The number of rotatable bonds is 4. The zero-order chi connectivity index (χ0) is 11.9. The summed E-state index contributed by atoms with van der Waals surface area (Å²) < 4.78 is 0. The molecule has 0 radical (unpaired) electrons. The van der Waals surface area contributed by atoms with Crippen molar-refractivity contribution in [1.29, 1.82) is 0 Å². The average molecular weight is 236 g/mol. The Kier molecular flexibility index (Phi) is 3.20. The van der Waals surface area contributed by atoms with Crippen molar-refractivity contribution in [2.75, 3.05) is 13.1 Å². The minimum Gasteiger partial charge on any atom is -0.327 e. The van der Waals surface area contributed by atoms with Crippen molar-refractivity contribution in [1.82, 2.24) is 5.32 Å². The Hall–Kier alpha value is -0.0800. The minimum atomic E-state index is 0.498. The number of fused-ring (bicyclic) bond motifs is 2. The molecule has 0 saturated heterocycles. The molecule has 2 nitrogen and oxygen atoms in total. The lowest BCUT2D eigenvalue weighted by molar-refractivity contribution is 0.251. The van der Waals surface area contributed by atoms with E-state index in [9.17, 15) is 0 Å². The highest BCUT2D eigenvalue weighted by molar-refractivity contribution is 4.99. The minimum absolute atomic E-state index is 0.498. The highest BCUT2D eigenvalue weighted by Crippen LogP contribution is 2.47. The fourth-order valence-corrected chi connectivity index (χ4v) is 4.70. The van der Waals surface area contributed by atoms with Gasteiger partial charge >= 0.3 is 0 Å². The Morgan fingerprint density at radius 2 is 1.88 bits per heavy atom. The van der Waals surface area contributed by atoms with Gasteiger partial charge in [-0.05, 0) is 61.8 Å². The van der Waals surface area contributed by atoms with Gasteiger partial charge in [-0.2, -0.15) is 0 Å². The predicted octanol–water partition coefficient (Wildman–Crippen LogP) is 2.53. The first kappa shape index (κ1) is 12.0. The third-order valence-corrected chi connectivity index (χ3v) is 5.90.